The van der Waals surface area contributed by atoms with Gasteiger partial charge in [-0.1, -0.05) is 6.92 Å². The number of hydrogen-bond donors (Lipinski definition) is 0. The van der Waals surface area contributed by atoms with Crippen molar-refractivity contribution in [2.75, 3.05) is 13.1 Å². The summed E-state index contributed by atoms with van der Waals surface area (Å²) >= 11 is 0. The molecule has 1 aromatic rings. The second kappa shape index (κ2) is 5.98. The fraction of sp³-hybridized carbons (Fsp3) is 0.500. The van der Waals surface area contributed by atoms with Crippen LogP contribution >= 0.6 is 0 Å². The number of benzene rings is 1. The largest absolute Gasteiger partial charge is 0.338 e. The van der Waals surface area contributed by atoms with Crippen molar-refractivity contribution in [1.82, 2.24) is 4.90 Å². The topological polar surface area (TPSA) is 63.5 Å². The van der Waals surface area contributed by atoms with Gasteiger partial charge < -0.3 is 4.90 Å². The lowest BCUT2D eigenvalue weighted by atomic mass is 10.1. The minimum Gasteiger partial charge on any atom is -0.338 e. The molecule has 0 aromatic heterocycles. The summed E-state index contributed by atoms with van der Waals surface area (Å²) in [6.45, 7) is 3.26. The van der Waals surface area contributed by atoms with Gasteiger partial charge in [0.2, 0.25) is 5.82 Å². The molecule has 0 heterocycles. The molecule has 1 amide bonds. The molecule has 2 rings (SSSR count). The molecule has 0 aliphatic heterocycles. The predicted octanol–water partition coefficient (Wildman–Crippen LogP) is 3.00. The molecule has 1 aliphatic rings. The number of amides is 1. The summed E-state index contributed by atoms with van der Waals surface area (Å²) in [6, 6.07) is 3.31. The molecule has 0 atom stereocenters. The third-order valence-electron chi connectivity index (χ3n) is 3.35. The summed E-state index contributed by atoms with van der Waals surface area (Å²) in [5.74, 6) is -0.640. The van der Waals surface area contributed by atoms with Crippen LogP contribution in [0.25, 0.3) is 0 Å². The summed E-state index contributed by atoms with van der Waals surface area (Å²) in [5.41, 5.74) is -0.481. The number of nitro groups is 1. The Morgan fingerprint density at radius 2 is 2.20 bits per heavy atom. The highest BCUT2D eigenvalue weighted by Gasteiger charge is 2.27. The highest BCUT2D eigenvalue weighted by molar-refractivity contribution is 5.94. The first-order valence-electron chi connectivity index (χ1n) is 6.76. The molecule has 0 unspecified atom stereocenters. The Morgan fingerprint density at radius 3 is 2.75 bits per heavy atom. The van der Waals surface area contributed by atoms with E-state index in [2.05, 4.69) is 0 Å². The van der Waals surface area contributed by atoms with Crippen LogP contribution in [0.3, 0.4) is 0 Å². The van der Waals surface area contributed by atoms with Gasteiger partial charge in [0, 0.05) is 24.7 Å². The Balaban J connectivity index is 2.21. The number of nitro benzene ring substituents is 1. The molecule has 0 bridgehead atoms. The van der Waals surface area contributed by atoms with Gasteiger partial charge >= 0.3 is 5.69 Å². The van der Waals surface area contributed by atoms with E-state index in [4.69, 9.17) is 0 Å². The van der Waals surface area contributed by atoms with Crippen molar-refractivity contribution in [3.8, 4) is 0 Å². The van der Waals surface area contributed by atoms with E-state index in [1.54, 1.807) is 4.90 Å². The summed E-state index contributed by atoms with van der Waals surface area (Å²) < 4.78 is 13.3. The van der Waals surface area contributed by atoms with Gasteiger partial charge in [0.15, 0.2) is 0 Å². The smallest absolute Gasteiger partial charge is 0.305 e. The molecule has 1 aromatic carbocycles. The minimum atomic E-state index is -0.921. The molecule has 0 spiro atoms. The number of halogens is 1. The second-order valence-electron chi connectivity index (χ2n) is 5.12. The first kappa shape index (κ1) is 14.4. The molecule has 0 radical (unpaired) electrons. The van der Waals surface area contributed by atoms with E-state index in [1.807, 2.05) is 6.92 Å². The molecule has 108 valence electrons. The third-order valence-corrected chi connectivity index (χ3v) is 3.35. The van der Waals surface area contributed by atoms with Crippen molar-refractivity contribution >= 4 is 11.6 Å². The zero-order valence-corrected chi connectivity index (χ0v) is 11.3. The lowest BCUT2D eigenvalue weighted by molar-refractivity contribution is -0.387. The van der Waals surface area contributed by atoms with Crippen molar-refractivity contribution in [1.29, 1.82) is 0 Å². The van der Waals surface area contributed by atoms with Crippen LogP contribution in [0, 0.1) is 21.8 Å². The van der Waals surface area contributed by atoms with Crippen molar-refractivity contribution in [2.45, 2.75) is 26.2 Å². The fourth-order valence-corrected chi connectivity index (χ4v) is 2.13. The zero-order chi connectivity index (χ0) is 14.7. The third kappa shape index (κ3) is 3.31. The number of carbonyl (C=O) groups is 1. The molecule has 20 heavy (non-hydrogen) atoms. The molecule has 5 nitrogen and oxygen atoms in total. The van der Waals surface area contributed by atoms with E-state index in [-0.39, 0.29) is 11.5 Å². The van der Waals surface area contributed by atoms with Gasteiger partial charge in [-0.15, -0.1) is 0 Å². The molecule has 1 fully saturated rings. The highest BCUT2D eigenvalue weighted by atomic mass is 19.1. The van der Waals surface area contributed by atoms with Crippen LogP contribution in [-0.4, -0.2) is 28.8 Å². The Morgan fingerprint density at radius 1 is 1.50 bits per heavy atom. The van der Waals surface area contributed by atoms with Gasteiger partial charge in [0.1, 0.15) is 0 Å². The summed E-state index contributed by atoms with van der Waals surface area (Å²) in [4.78, 5) is 24.0. The molecular formula is C14H17FN2O3. The van der Waals surface area contributed by atoms with Crippen molar-refractivity contribution in [3.05, 3.63) is 39.7 Å². The highest BCUT2D eigenvalue weighted by Crippen LogP contribution is 2.30. The quantitative estimate of drug-likeness (QED) is 0.594. The van der Waals surface area contributed by atoms with E-state index in [9.17, 15) is 19.3 Å². The number of hydrogen-bond acceptors (Lipinski definition) is 3. The average Bonchev–Trinajstić information content (AvgIpc) is 3.21. The Hall–Kier alpha value is -1.98. The van der Waals surface area contributed by atoms with Crippen LogP contribution in [-0.2, 0) is 0 Å². The maximum Gasteiger partial charge on any atom is 0.305 e. The van der Waals surface area contributed by atoms with Crippen molar-refractivity contribution in [2.24, 2.45) is 5.92 Å². The molecule has 1 aliphatic carbocycles. The van der Waals surface area contributed by atoms with Crippen LogP contribution in [0.1, 0.15) is 36.5 Å². The van der Waals surface area contributed by atoms with Crippen molar-refractivity contribution in [3.63, 3.8) is 0 Å². The van der Waals surface area contributed by atoms with Gasteiger partial charge in [0.05, 0.1) is 4.92 Å². The standard InChI is InChI=1S/C14H17FN2O3/c1-2-7-16(9-10-3-4-10)14(18)11-5-6-12(15)13(8-11)17(19)20/h5-6,8,10H,2-4,7,9H2,1H3. The fourth-order valence-electron chi connectivity index (χ4n) is 2.13. The van der Waals surface area contributed by atoms with Crippen LogP contribution < -0.4 is 0 Å². The molecule has 1 saturated carbocycles. The Kier molecular flexibility index (Phi) is 4.32. The van der Waals surface area contributed by atoms with Gasteiger partial charge in [-0.25, -0.2) is 0 Å². The first-order chi connectivity index (χ1) is 9.52. The van der Waals surface area contributed by atoms with Crippen molar-refractivity contribution < 1.29 is 14.1 Å². The van der Waals surface area contributed by atoms with E-state index < -0.39 is 16.4 Å². The maximum absolute atomic E-state index is 13.3. The zero-order valence-electron chi connectivity index (χ0n) is 11.3. The van der Waals surface area contributed by atoms with Gasteiger partial charge in [-0.3, -0.25) is 14.9 Å². The SMILES string of the molecule is CCCN(CC1CC1)C(=O)c1ccc(F)c([N+](=O)[O-])c1. The van der Waals surface area contributed by atoms with E-state index in [0.29, 0.717) is 19.0 Å². The normalized spacial score (nSPS) is 14.1. The monoisotopic (exact) mass is 280 g/mol. The van der Waals surface area contributed by atoms with Gasteiger partial charge in [-0.05, 0) is 37.3 Å². The minimum absolute atomic E-state index is 0.173. The maximum atomic E-state index is 13.3. The van der Waals surface area contributed by atoms with Crippen LogP contribution in [0.15, 0.2) is 18.2 Å². The number of carbonyl (C=O) groups excluding carboxylic acids is 1. The summed E-state index contributed by atoms with van der Waals surface area (Å²) in [5, 5.41) is 10.7. The van der Waals surface area contributed by atoms with E-state index in [0.717, 1.165) is 31.4 Å². The second-order valence-corrected chi connectivity index (χ2v) is 5.12. The Labute approximate surface area is 116 Å². The molecule has 0 N–H and O–H groups in total. The van der Waals surface area contributed by atoms with E-state index in [1.165, 1.54) is 6.07 Å². The summed E-state index contributed by atoms with van der Waals surface area (Å²) in [7, 11) is 0. The lowest BCUT2D eigenvalue weighted by Crippen LogP contribution is -2.33. The molecular weight excluding hydrogens is 263 g/mol. The lowest BCUT2D eigenvalue weighted by Gasteiger charge is -2.22. The number of rotatable bonds is 6. The molecule has 0 saturated heterocycles. The van der Waals surface area contributed by atoms with Gasteiger partial charge in [-0.2, -0.15) is 4.39 Å². The first-order valence-corrected chi connectivity index (χ1v) is 6.76. The summed E-state index contributed by atoms with van der Waals surface area (Å²) in [6.07, 6.45) is 3.07. The average molecular weight is 280 g/mol. The van der Waals surface area contributed by atoms with Crippen LogP contribution in [0.4, 0.5) is 10.1 Å². The number of nitrogens with zero attached hydrogens (tertiary/aromatic N) is 2. The Bertz CT molecular complexity index is 529. The molecule has 6 heteroatoms. The predicted molar refractivity (Wildman–Crippen MR) is 72.0 cm³/mol. The van der Waals surface area contributed by atoms with Gasteiger partial charge in [0.25, 0.3) is 5.91 Å². The van der Waals surface area contributed by atoms with Crippen LogP contribution in [0.5, 0.6) is 0 Å². The van der Waals surface area contributed by atoms with Crippen LogP contribution in [0.2, 0.25) is 0 Å². The van der Waals surface area contributed by atoms with E-state index >= 15 is 0 Å².